The van der Waals surface area contributed by atoms with Crippen LogP contribution < -0.4 is 22.2 Å². The summed E-state index contributed by atoms with van der Waals surface area (Å²) in [6, 6.07) is 6.48. The van der Waals surface area contributed by atoms with E-state index < -0.39 is 0 Å². The van der Waals surface area contributed by atoms with Crippen LogP contribution in [-0.4, -0.2) is 34.1 Å². The summed E-state index contributed by atoms with van der Waals surface area (Å²) in [5.74, 6) is 6.78. The number of anilines is 2. The number of fused-ring (bicyclic) bond motifs is 1. The van der Waals surface area contributed by atoms with E-state index in [4.69, 9.17) is 11.6 Å². The molecule has 0 amide bonds. The van der Waals surface area contributed by atoms with E-state index in [-0.39, 0.29) is 5.41 Å². The third kappa shape index (κ3) is 4.98. The highest BCUT2D eigenvalue weighted by Crippen LogP contribution is 2.25. The van der Waals surface area contributed by atoms with Crippen molar-refractivity contribution in [3.05, 3.63) is 36.4 Å². The zero-order chi connectivity index (χ0) is 18.7. The molecule has 1 heterocycles. The normalized spacial score (nSPS) is 15.2. The Labute approximate surface area is 154 Å². The van der Waals surface area contributed by atoms with Gasteiger partial charge in [-0.1, -0.05) is 20.8 Å². The minimum absolute atomic E-state index is 0.169. The zero-order valence-corrected chi connectivity index (χ0v) is 15.8. The molecule has 140 valence electrons. The van der Waals surface area contributed by atoms with E-state index in [1.807, 2.05) is 18.3 Å². The van der Waals surface area contributed by atoms with Gasteiger partial charge in [0.05, 0.1) is 12.1 Å². The molecule has 0 radical (unpaired) electrons. The van der Waals surface area contributed by atoms with Gasteiger partial charge in [-0.3, -0.25) is 0 Å². The standard InChI is InChI=1S/C19H29N7/c1-19(2,3)11-23-18-16-8-14(4-7-17(16)24-12-25-18)22-9-13(20)10-26(21)15-5-6-15/h4,7-8,10,12,15,22H,5-6,9,11,20-21H2,1-3H3,(H,23,24,25)/b13-10-. The van der Waals surface area contributed by atoms with Gasteiger partial charge in [-0.05, 0) is 36.5 Å². The maximum atomic E-state index is 6.07. The van der Waals surface area contributed by atoms with Crippen molar-refractivity contribution in [1.82, 2.24) is 15.0 Å². The van der Waals surface area contributed by atoms with Gasteiger partial charge < -0.3 is 21.4 Å². The van der Waals surface area contributed by atoms with Crippen molar-refractivity contribution < 1.29 is 0 Å². The summed E-state index contributed by atoms with van der Waals surface area (Å²) < 4.78 is 0. The Kier molecular flexibility index (Phi) is 5.18. The van der Waals surface area contributed by atoms with Gasteiger partial charge in [0.25, 0.3) is 0 Å². The molecule has 7 nitrogen and oxygen atoms in total. The first-order valence-corrected chi connectivity index (χ1v) is 9.03. The van der Waals surface area contributed by atoms with Crippen molar-refractivity contribution in [2.24, 2.45) is 17.0 Å². The van der Waals surface area contributed by atoms with Gasteiger partial charge in [0.15, 0.2) is 0 Å². The second-order valence-electron chi connectivity index (χ2n) is 8.10. The molecule has 0 bridgehead atoms. The Morgan fingerprint density at radius 1 is 1.27 bits per heavy atom. The second-order valence-corrected chi connectivity index (χ2v) is 8.10. The average Bonchev–Trinajstić information content (AvgIpc) is 3.42. The summed E-state index contributed by atoms with van der Waals surface area (Å²) in [5.41, 5.74) is 8.82. The number of rotatable bonds is 7. The van der Waals surface area contributed by atoms with Crippen molar-refractivity contribution in [3.63, 3.8) is 0 Å². The largest absolute Gasteiger partial charge is 0.399 e. The van der Waals surface area contributed by atoms with Crippen LogP contribution in [0.4, 0.5) is 11.5 Å². The minimum atomic E-state index is 0.169. The summed E-state index contributed by atoms with van der Waals surface area (Å²) in [6.45, 7) is 7.93. The van der Waals surface area contributed by atoms with E-state index in [1.54, 1.807) is 11.3 Å². The fourth-order valence-electron chi connectivity index (χ4n) is 2.58. The third-order valence-electron chi connectivity index (χ3n) is 4.20. The Morgan fingerprint density at radius 3 is 2.73 bits per heavy atom. The molecule has 2 aromatic rings. The molecule has 1 aromatic heterocycles. The quantitative estimate of drug-likeness (QED) is 0.447. The Bertz CT molecular complexity index is 790. The second kappa shape index (κ2) is 7.37. The van der Waals surface area contributed by atoms with Gasteiger partial charge in [0, 0.05) is 35.6 Å². The number of aromatic nitrogens is 2. The van der Waals surface area contributed by atoms with Gasteiger partial charge in [0.1, 0.15) is 12.1 Å². The SMILES string of the molecule is CC(C)(C)CNc1ncnc2ccc(NC/C(N)=C/N(N)C3CC3)cc12. The van der Waals surface area contributed by atoms with Crippen molar-refractivity contribution in [1.29, 1.82) is 0 Å². The van der Waals surface area contributed by atoms with E-state index in [0.29, 0.717) is 18.3 Å². The zero-order valence-electron chi connectivity index (χ0n) is 15.8. The molecule has 7 heteroatoms. The van der Waals surface area contributed by atoms with Gasteiger partial charge in [-0.15, -0.1) is 0 Å². The van der Waals surface area contributed by atoms with Crippen LogP contribution in [0.1, 0.15) is 33.6 Å². The highest BCUT2D eigenvalue weighted by molar-refractivity contribution is 5.91. The highest BCUT2D eigenvalue weighted by Gasteiger charge is 2.25. The molecule has 1 fully saturated rings. The number of nitrogens with one attached hydrogen (secondary N) is 2. The molecular formula is C19H29N7. The van der Waals surface area contributed by atoms with Gasteiger partial charge in [-0.2, -0.15) is 0 Å². The molecule has 1 aliphatic rings. The summed E-state index contributed by atoms with van der Waals surface area (Å²) in [4.78, 5) is 8.75. The number of benzene rings is 1. The lowest BCUT2D eigenvalue weighted by Gasteiger charge is -2.20. The predicted octanol–water partition coefficient (Wildman–Crippen LogP) is 2.64. The molecule has 6 N–H and O–H groups in total. The average molecular weight is 355 g/mol. The maximum absolute atomic E-state index is 6.07. The monoisotopic (exact) mass is 355 g/mol. The fourth-order valence-corrected chi connectivity index (χ4v) is 2.58. The number of nitrogens with zero attached hydrogens (tertiary/aromatic N) is 3. The Balaban J connectivity index is 1.71. The number of hydrazine groups is 1. The molecular weight excluding hydrogens is 326 g/mol. The third-order valence-corrected chi connectivity index (χ3v) is 4.20. The van der Waals surface area contributed by atoms with E-state index in [1.165, 1.54) is 0 Å². The summed E-state index contributed by atoms with van der Waals surface area (Å²) >= 11 is 0. The first kappa shape index (κ1) is 18.3. The summed E-state index contributed by atoms with van der Waals surface area (Å²) in [6.07, 6.45) is 5.69. The van der Waals surface area contributed by atoms with Crippen LogP contribution in [0, 0.1) is 5.41 Å². The first-order valence-electron chi connectivity index (χ1n) is 9.03. The van der Waals surface area contributed by atoms with Crippen molar-refractivity contribution in [3.8, 4) is 0 Å². The maximum Gasteiger partial charge on any atom is 0.137 e. The van der Waals surface area contributed by atoms with Crippen LogP contribution in [-0.2, 0) is 0 Å². The van der Waals surface area contributed by atoms with Gasteiger partial charge in [0.2, 0.25) is 0 Å². The molecule has 1 saturated carbocycles. The van der Waals surface area contributed by atoms with Crippen molar-refractivity contribution in [2.45, 2.75) is 39.7 Å². The topological polar surface area (TPSA) is 105 Å². The lowest BCUT2D eigenvalue weighted by molar-refractivity contribution is 0.379. The predicted molar refractivity (Wildman–Crippen MR) is 107 cm³/mol. The van der Waals surface area contributed by atoms with E-state index >= 15 is 0 Å². The molecule has 26 heavy (non-hydrogen) atoms. The van der Waals surface area contributed by atoms with Gasteiger partial charge in [-0.25, -0.2) is 15.8 Å². The molecule has 0 atom stereocenters. The van der Waals surface area contributed by atoms with Crippen molar-refractivity contribution in [2.75, 3.05) is 23.7 Å². The van der Waals surface area contributed by atoms with Crippen LogP contribution in [0.2, 0.25) is 0 Å². The number of nitrogens with two attached hydrogens (primary N) is 2. The molecule has 0 saturated heterocycles. The lowest BCUT2D eigenvalue weighted by atomic mass is 9.97. The van der Waals surface area contributed by atoms with Crippen LogP contribution in [0.5, 0.6) is 0 Å². The van der Waals surface area contributed by atoms with Crippen LogP contribution in [0.3, 0.4) is 0 Å². The lowest BCUT2D eigenvalue weighted by Crippen LogP contribution is -2.29. The Hall–Kier alpha value is -2.54. The van der Waals surface area contributed by atoms with Crippen molar-refractivity contribution >= 4 is 22.4 Å². The van der Waals surface area contributed by atoms with E-state index in [9.17, 15) is 0 Å². The van der Waals surface area contributed by atoms with Crippen LogP contribution in [0.15, 0.2) is 36.4 Å². The smallest absolute Gasteiger partial charge is 0.137 e. The van der Waals surface area contributed by atoms with Crippen LogP contribution >= 0.6 is 0 Å². The molecule has 1 aromatic carbocycles. The Morgan fingerprint density at radius 2 is 2.04 bits per heavy atom. The van der Waals surface area contributed by atoms with Crippen LogP contribution in [0.25, 0.3) is 10.9 Å². The molecule has 0 aliphatic heterocycles. The first-order chi connectivity index (χ1) is 12.3. The minimum Gasteiger partial charge on any atom is -0.399 e. The molecule has 1 aliphatic carbocycles. The fraction of sp³-hybridized carbons (Fsp3) is 0.474. The molecule has 0 unspecified atom stereocenters. The highest BCUT2D eigenvalue weighted by atomic mass is 15.4. The summed E-state index contributed by atoms with van der Waals surface area (Å²) in [7, 11) is 0. The molecule has 0 spiro atoms. The number of hydrogen-bond acceptors (Lipinski definition) is 7. The number of hydrogen-bond donors (Lipinski definition) is 4. The van der Waals surface area contributed by atoms with E-state index in [2.05, 4.69) is 47.4 Å². The van der Waals surface area contributed by atoms with Gasteiger partial charge >= 0.3 is 0 Å². The van der Waals surface area contributed by atoms with E-state index in [0.717, 1.165) is 41.8 Å². The molecule has 3 rings (SSSR count). The summed E-state index contributed by atoms with van der Waals surface area (Å²) in [5, 5.41) is 9.47.